The predicted octanol–water partition coefficient (Wildman–Crippen LogP) is 3.06. The molecule has 0 bridgehead atoms. The van der Waals surface area contributed by atoms with E-state index >= 15 is 0 Å². The van der Waals surface area contributed by atoms with Gasteiger partial charge in [0.15, 0.2) is 0 Å². The van der Waals surface area contributed by atoms with Crippen molar-refractivity contribution < 1.29 is 5.11 Å². The zero-order chi connectivity index (χ0) is 11.2. The summed E-state index contributed by atoms with van der Waals surface area (Å²) in [6, 6.07) is 10.5. The van der Waals surface area contributed by atoms with Crippen LogP contribution >= 0.6 is 12.4 Å². The highest BCUT2D eigenvalue weighted by molar-refractivity contribution is 5.85. The standard InChI is InChI=1S/C14H21NO.ClH/c16-14(12-7-3-1-4-8-12)11-15-13-9-5-2-6-10-13;/h1,3-4,7-8,13-16H,2,5-6,9-11H2;1H. The van der Waals surface area contributed by atoms with Gasteiger partial charge in [-0.25, -0.2) is 0 Å². The van der Waals surface area contributed by atoms with E-state index in [0.29, 0.717) is 12.6 Å². The van der Waals surface area contributed by atoms with Crippen molar-refractivity contribution in [3.63, 3.8) is 0 Å². The number of nitrogens with one attached hydrogen (secondary N) is 1. The van der Waals surface area contributed by atoms with Gasteiger partial charge in [-0.1, -0.05) is 49.6 Å². The molecule has 2 rings (SSSR count). The molecule has 96 valence electrons. The third-order valence-corrected chi connectivity index (χ3v) is 3.39. The van der Waals surface area contributed by atoms with Crippen molar-refractivity contribution in [3.05, 3.63) is 35.9 Å². The summed E-state index contributed by atoms with van der Waals surface area (Å²) < 4.78 is 0. The number of aliphatic hydroxyl groups excluding tert-OH is 1. The van der Waals surface area contributed by atoms with Crippen molar-refractivity contribution in [1.82, 2.24) is 5.32 Å². The van der Waals surface area contributed by atoms with Gasteiger partial charge in [0.1, 0.15) is 0 Å². The zero-order valence-corrected chi connectivity index (χ0v) is 11.0. The van der Waals surface area contributed by atoms with Crippen molar-refractivity contribution in [3.8, 4) is 0 Å². The highest BCUT2D eigenvalue weighted by atomic mass is 35.5. The lowest BCUT2D eigenvalue weighted by atomic mass is 9.95. The Morgan fingerprint density at radius 2 is 1.76 bits per heavy atom. The molecule has 1 aromatic carbocycles. The minimum Gasteiger partial charge on any atom is -0.387 e. The Hall–Kier alpha value is -0.570. The SMILES string of the molecule is Cl.OC(CNC1CCCCC1)c1ccccc1. The Labute approximate surface area is 110 Å². The smallest absolute Gasteiger partial charge is 0.0914 e. The first kappa shape index (κ1) is 14.5. The molecule has 0 aliphatic heterocycles. The third kappa shape index (κ3) is 4.66. The fourth-order valence-electron chi connectivity index (χ4n) is 2.38. The maximum atomic E-state index is 9.99. The first-order chi connectivity index (χ1) is 7.86. The fourth-order valence-corrected chi connectivity index (χ4v) is 2.38. The normalized spacial score (nSPS) is 18.4. The van der Waals surface area contributed by atoms with Gasteiger partial charge in [0.05, 0.1) is 6.10 Å². The van der Waals surface area contributed by atoms with Crippen LogP contribution < -0.4 is 5.32 Å². The average Bonchev–Trinajstić information content (AvgIpc) is 2.38. The molecule has 1 unspecified atom stereocenters. The van der Waals surface area contributed by atoms with E-state index in [9.17, 15) is 5.11 Å². The fraction of sp³-hybridized carbons (Fsp3) is 0.571. The Balaban J connectivity index is 0.00000144. The van der Waals surface area contributed by atoms with E-state index in [1.54, 1.807) is 0 Å². The van der Waals surface area contributed by atoms with Crippen LogP contribution in [0.5, 0.6) is 0 Å². The molecule has 0 spiro atoms. The van der Waals surface area contributed by atoms with Crippen LogP contribution in [0, 0.1) is 0 Å². The molecule has 0 saturated heterocycles. The lowest BCUT2D eigenvalue weighted by Gasteiger charge is -2.24. The van der Waals surface area contributed by atoms with Gasteiger partial charge < -0.3 is 10.4 Å². The summed E-state index contributed by atoms with van der Waals surface area (Å²) >= 11 is 0. The first-order valence-corrected chi connectivity index (χ1v) is 6.32. The molecule has 1 aliphatic carbocycles. The molecule has 1 atom stereocenters. The number of hydrogen-bond donors (Lipinski definition) is 2. The van der Waals surface area contributed by atoms with Crippen molar-refractivity contribution in [2.45, 2.75) is 44.2 Å². The quantitative estimate of drug-likeness (QED) is 0.867. The van der Waals surface area contributed by atoms with Gasteiger partial charge in [-0.3, -0.25) is 0 Å². The van der Waals surface area contributed by atoms with Gasteiger partial charge in [0, 0.05) is 12.6 Å². The van der Waals surface area contributed by atoms with Gasteiger partial charge in [-0.15, -0.1) is 12.4 Å². The maximum absolute atomic E-state index is 9.99. The minimum absolute atomic E-state index is 0. The van der Waals surface area contributed by atoms with Gasteiger partial charge in [0.25, 0.3) is 0 Å². The predicted molar refractivity (Wildman–Crippen MR) is 73.5 cm³/mol. The Kier molecular flexibility index (Phi) is 6.56. The van der Waals surface area contributed by atoms with Crippen LogP contribution in [0.3, 0.4) is 0 Å². The van der Waals surface area contributed by atoms with Crippen LogP contribution in [-0.2, 0) is 0 Å². The summed E-state index contributed by atoms with van der Waals surface area (Å²) in [6.07, 6.45) is 6.20. The van der Waals surface area contributed by atoms with E-state index < -0.39 is 0 Å². The molecule has 0 radical (unpaired) electrons. The third-order valence-electron chi connectivity index (χ3n) is 3.39. The molecule has 2 N–H and O–H groups in total. The summed E-state index contributed by atoms with van der Waals surface area (Å²) in [5, 5.41) is 13.5. The van der Waals surface area contributed by atoms with Crippen LogP contribution in [0.2, 0.25) is 0 Å². The van der Waals surface area contributed by atoms with Crippen LogP contribution in [0.4, 0.5) is 0 Å². The van der Waals surface area contributed by atoms with Crippen molar-refractivity contribution in [2.24, 2.45) is 0 Å². The topological polar surface area (TPSA) is 32.3 Å². The molecule has 1 saturated carbocycles. The van der Waals surface area contributed by atoms with E-state index in [0.717, 1.165) is 5.56 Å². The molecular weight excluding hydrogens is 234 g/mol. The molecule has 1 fully saturated rings. The molecule has 1 aromatic rings. The lowest BCUT2D eigenvalue weighted by Crippen LogP contribution is -2.34. The second-order valence-corrected chi connectivity index (χ2v) is 4.67. The monoisotopic (exact) mass is 255 g/mol. The van der Waals surface area contributed by atoms with E-state index in [4.69, 9.17) is 0 Å². The van der Waals surface area contributed by atoms with Crippen LogP contribution in [0.25, 0.3) is 0 Å². The summed E-state index contributed by atoms with van der Waals surface area (Å²) in [5.41, 5.74) is 1.01. The van der Waals surface area contributed by atoms with Crippen LogP contribution in [0.1, 0.15) is 43.8 Å². The van der Waals surface area contributed by atoms with Gasteiger partial charge in [-0.05, 0) is 18.4 Å². The highest BCUT2D eigenvalue weighted by Crippen LogP contribution is 2.18. The molecule has 0 heterocycles. The second kappa shape index (κ2) is 7.70. The maximum Gasteiger partial charge on any atom is 0.0914 e. The van der Waals surface area contributed by atoms with Gasteiger partial charge >= 0.3 is 0 Å². The summed E-state index contributed by atoms with van der Waals surface area (Å²) in [4.78, 5) is 0. The van der Waals surface area contributed by atoms with Crippen LogP contribution in [0.15, 0.2) is 30.3 Å². The molecule has 0 amide bonds. The summed E-state index contributed by atoms with van der Waals surface area (Å²) in [5.74, 6) is 0. The summed E-state index contributed by atoms with van der Waals surface area (Å²) in [7, 11) is 0. The van der Waals surface area contributed by atoms with Gasteiger partial charge in [-0.2, -0.15) is 0 Å². The number of hydrogen-bond acceptors (Lipinski definition) is 2. The lowest BCUT2D eigenvalue weighted by molar-refractivity contribution is 0.165. The van der Waals surface area contributed by atoms with Crippen molar-refractivity contribution in [1.29, 1.82) is 0 Å². The largest absolute Gasteiger partial charge is 0.387 e. The van der Waals surface area contributed by atoms with E-state index in [1.165, 1.54) is 32.1 Å². The molecule has 0 aromatic heterocycles. The van der Waals surface area contributed by atoms with E-state index in [-0.39, 0.29) is 18.5 Å². The number of halogens is 1. The molecule has 3 heteroatoms. The Morgan fingerprint density at radius 3 is 2.41 bits per heavy atom. The number of rotatable bonds is 4. The zero-order valence-electron chi connectivity index (χ0n) is 10.1. The van der Waals surface area contributed by atoms with E-state index in [1.807, 2.05) is 30.3 Å². The Morgan fingerprint density at radius 1 is 1.12 bits per heavy atom. The molecular formula is C14H22ClNO. The van der Waals surface area contributed by atoms with Gasteiger partial charge in [0.2, 0.25) is 0 Å². The average molecular weight is 256 g/mol. The molecule has 1 aliphatic rings. The Bertz CT molecular complexity index is 298. The minimum atomic E-state index is -0.372. The van der Waals surface area contributed by atoms with Crippen molar-refractivity contribution >= 4 is 12.4 Å². The van der Waals surface area contributed by atoms with Crippen LogP contribution in [-0.4, -0.2) is 17.7 Å². The van der Waals surface area contributed by atoms with Crippen molar-refractivity contribution in [2.75, 3.05) is 6.54 Å². The second-order valence-electron chi connectivity index (χ2n) is 4.67. The molecule has 17 heavy (non-hydrogen) atoms. The number of benzene rings is 1. The van der Waals surface area contributed by atoms with E-state index in [2.05, 4.69) is 5.32 Å². The first-order valence-electron chi connectivity index (χ1n) is 6.32. The summed E-state index contributed by atoms with van der Waals surface area (Å²) in [6.45, 7) is 0.675. The highest BCUT2D eigenvalue weighted by Gasteiger charge is 2.14. The number of aliphatic hydroxyl groups is 1. The molecule has 2 nitrogen and oxygen atoms in total.